The van der Waals surface area contributed by atoms with Crippen molar-refractivity contribution in [2.24, 2.45) is 17.8 Å². The van der Waals surface area contributed by atoms with Crippen LogP contribution in [0.5, 0.6) is 0 Å². The molecule has 0 spiro atoms. The van der Waals surface area contributed by atoms with Gasteiger partial charge in [-0.2, -0.15) is 0 Å². The van der Waals surface area contributed by atoms with Gasteiger partial charge in [-0.05, 0) is 30.6 Å². The smallest absolute Gasteiger partial charge is 0.0688 e. The van der Waals surface area contributed by atoms with Crippen molar-refractivity contribution >= 4 is 7.85 Å². The van der Waals surface area contributed by atoms with Crippen molar-refractivity contribution in [1.82, 2.24) is 0 Å². The molecule has 0 heterocycles. The molecule has 0 aliphatic heterocycles. The molecule has 2 radical (unpaired) electrons. The second kappa shape index (κ2) is 4.06. The first kappa shape index (κ1) is 11.1. The van der Waals surface area contributed by atoms with Crippen LogP contribution in [0.4, 0.5) is 0 Å². The van der Waals surface area contributed by atoms with Crippen molar-refractivity contribution in [2.45, 2.75) is 58.7 Å². The van der Waals surface area contributed by atoms with E-state index in [0.29, 0.717) is 5.92 Å². The summed E-state index contributed by atoms with van der Waals surface area (Å²) in [7, 11) is 6.14. The van der Waals surface area contributed by atoms with Gasteiger partial charge in [0.05, 0.1) is 7.85 Å². The Balaban J connectivity index is 2.45. The van der Waals surface area contributed by atoms with E-state index in [1.165, 1.54) is 25.7 Å². The zero-order chi connectivity index (χ0) is 10.1. The third-order valence-electron chi connectivity index (χ3n) is 3.94. The van der Waals surface area contributed by atoms with Crippen LogP contribution in [-0.2, 0) is 0 Å². The maximum absolute atomic E-state index is 6.14. The van der Waals surface area contributed by atoms with Gasteiger partial charge >= 0.3 is 0 Å². The molecule has 0 aromatic rings. The minimum Gasteiger partial charge on any atom is -0.0688 e. The van der Waals surface area contributed by atoms with Crippen molar-refractivity contribution < 1.29 is 0 Å². The maximum Gasteiger partial charge on any atom is 0.0742 e. The van der Waals surface area contributed by atoms with Gasteiger partial charge in [-0.1, -0.05) is 45.9 Å². The molecule has 0 saturated heterocycles. The number of hydrogen-bond acceptors (Lipinski definition) is 0. The molecule has 1 aliphatic rings. The summed E-state index contributed by atoms with van der Waals surface area (Å²) in [5.74, 6) is 2.49. The molecule has 1 rings (SSSR count). The van der Waals surface area contributed by atoms with Gasteiger partial charge < -0.3 is 0 Å². The highest BCUT2D eigenvalue weighted by atomic mass is 14.3. The monoisotopic (exact) mass is 178 g/mol. The molecule has 1 saturated carbocycles. The molecule has 0 aromatic carbocycles. The predicted octanol–water partition coefficient (Wildman–Crippen LogP) is 3.82. The minimum atomic E-state index is 0.00520. The van der Waals surface area contributed by atoms with Gasteiger partial charge in [0, 0.05) is 0 Å². The lowest BCUT2D eigenvalue weighted by atomic mass is 9.58. The van der Waals surface area contributed by atoms with E-state index in [1.807, 2.05) is 0 Å². The van der Waals surface area contributed by atoms with Crippen LogP contribution in [0.25, 0.3) is 0 Å². The second-order valence-electron chi connectivity index (χ2n) is 5.63. The lowest BCUT2D eigenvalue weighted by Gasteiger charge is -2.38. The summed E-state index contributed by atoms with van der Waals surface area (Å²) in [5, 5.41) is 0.00520. The van der Waals surface area contributed by atoms with Gasteiger partial charge in [0.25, 0.3) is 0 Å². The van der Waals surface area contributed by atoms with Gasteiger partial charge in [0.2, 0.25) is 0 Å². The molecule has 0 bridgehead atoms. The van der Waals surface area contributed by atoms with E-state index < -0.39 is 0 Å². The third kappa shape index (κ3) is 3.04. The average Bonchev–Trinajstić information content (AvgIpc) is 2.03. The molecule has 1 atom stereocenters. The van der Waals surface area contributed by atoms with Crippen LogP contribution in [0.15, 0.2) is 0 Å². The van der Waals surface area contributed by atoms with Gasteiger partial charge in [-0.25, -0.2) is 0 Å². The van der Waals surface area contributed by atoms with Crippen molar-refractivity contribution in [3.63, 3.8) is 0 Å². The second-order valence-corrected chi connectivity index (χ2v) is 5.63. The summed E-state index contributed by atoms with van der Waals surface area (Å²) >= 11 is 0. The summed E-state index contributed by atoms with van der Waals surface area (Å²) in [4.78, 5) is 0. The van der Waals surface area contributed by atoms with Crippen LogP contribution >= 0.6 is 0 Å². The topological polar surface area (TPSA) is 0 Å². The highest BCUT2D eigenvalue weighted by Crippen LogP contribution is 2.42. The van der Waals surface area contributed by atoms with Crippen LogP contribution in [-0.4, -0.2) is 7.85 Å². The van der Waals surface area contributed by atoms with E-state index in [4.69, 9.17) is 7.85 Å². The standard InChI is InChI=1S/C12H23B/c1-9-5-7-11(8-6-9)10(2)12(3,4)13/h9-11H,5-8H2,1-4H3. The van der Waals surface area contributed by atoms with Crippen LogP contribution in [0.3, 0.4) is 0 Å². The number of hydrogen-bond donors (Lipinski definition) is 0. The largest absolute Gasteiger partial charge is 0.0742 e. The fourth-order valence-electron chi connectivity index (χ4n) is 2.39. The normalized spacial score (nSPS) is 32.9. The van der Waals surface area contributed by atoms with Crippen LogP contribution < -0.4 is 0 Å². The first-order valence-electron chi connectivity index (χ1n) is 5.70. The molecule has 1 unspecified atom stereocenters. The molecular formula is C12H23B. The Kier molecular flexibility index (Phi) is 3.48. The zero-order valence-electron chi connectivity index (χ0n) is 9.64. The van der Waals surface area contributed by atoms with Crippen molar-refractivity contribution in [3.8, 4) is 0 Å². The SMILES string of the molecule is [B]C(C)(C)C(C)C1CCC(C)CC1. The predicted molar refractivity (Wildman–Crippen MR) is 60.1 cm³/mol. The van der Waals surface area contributed by atoms with E-state index in [1.54, 1.807) is 0 Å². The van der Waals surface area contributed by atoms with E-state index in [-0.39, 0.29) is 5.31 Å². The zero-order valence-corrected chi connectivity index (χ0v) is 9.64. The molecule has 1 fully saturated rings. The fourth-order valence-corrected chi connectivity index (χ4v) is 2.39. The van der Waals surface area contributed by atoms with E-state index in [0.717, 1.165) is 11.8 Å². The van der Waals surface area contributed by atoms with Crippen molar-refractivity contribution in [3.05, 3.63) is 0 Å². The van der Waals surface area contributed by atoms with Gasteiger partial charge in [0.15, 0.2) is 0 Å². The molecule has 0 nitrogen and oxygen atoms in total. The van der Waals surface area contributed by atoms with Crippen molar-refractivity contribution in [1.29, 1.82) is 0 Å². The highest BCUT2D eigenvalue weighted by molar-refractivity contribution is 6.14. The van der Waals surface area contributed by atoms with Gasteiger partial charge in [-0.3, -0.25) is 0 Å². The molecule has 1 heteroatoms. The Morgan fingerprint density at radius 1 is 1.15 bits per heavy atom. The summed E-state index contributed by atoms with van der Waals surface area (Å²) in [6.45, 7) is 9.01. The van der Waals surface area contributed by atoms with Crippen LogP contribution in [0.1, 0.15) is 53.4 Å². The highest BCUT2D eigenvalue weighted by Gasteiger charge is 2.29. The Bertz CT molecular complexity index is 149. The quantitative estimate of drug-likeness (QED) is 0.564. The molecule has 74 valence electrons. The summed E-state index contributed by atoms with van der Waals surface area (Å²) in [6, 6.07) is 0. The first-order chi connectivity index (χ1) is 5.91. The molecule has 0 N–H and O–H groups in total. The maximum atomic E-state index is 6.14. The van der Waals surface area contributed by atoms with Gasteiger partial charge in [-0.15, -0.1) is 0 Å². The average molecular weight is 178 g/mol. The van der Waals surface area contributed by atoms with Crippen molar-refractivity contribution in [2.75, 3.05) is 0 Å². The van der Waals surface area contributed by atoms with Crippen LogP contribution in [0.2, 0.25) is 5.31 Å². The van der Waals surface area contributed by atoms with Gasteiger partial charge in [0.1, 0.15) is 0 Å². The Morgan fingerprint density at radius 3 is 2.00 bits per heavy atom. The Morgan fingerprint density at radius 2 is 1.62 bits per heavy atom. The molecule has 0 amide bonds. The molecule has 0 aromatic heterocycles. The van der Waals surface area contributed by atoms with E-state index in [2.05, 4.69) is 27.7 Å². The minimum absolute atomic E-state index is 0.00520. The lowest BCUT2D eigenvalue weighted by molar-refractivity contribution is 0.193. The molecule has 1 aliphatic carbocycles. The Hall–Kier alpha value is 0.0649. The van der Waals surface area contributed by atoms with Crippen LogP contribution in [0, 0.1) is 17.8 Å². The Labute approximate surface area is 84.9 Å². The molecule has 13 heavy (non-hydrogen) atoms. The number of rotatable bonds is 2. The van der Waals surface area contributed by atoms with E-state index >= 15 is 0 Å². The summed E-state index contributed by atoms with van der Waals surface area (Å²) in [5.41, 5.74) is 0. The fraction of sp³-hybridized carbons (Fsp3) is 1.00. The lowest BCUT2D eigenvalue weighted by Crippen LogP contribution is -2.26. The third-order valence-corrected chi connectivity index (χ3v) is 3.94. The summed E-state index contributed by atoms with van der Waals surface area (Å²) in [6.07, 6.45) is 5.60. The molecular weight excluding hydrogens is 155 g/mol. The first-order valence-corrected chi connectivity index (χ1v) is 5.70. The van der Waals surface area contributed by atoms with E-state index in [9.17, 15) is 0 Å². The summed E-state index contributed by atoms with van der Waals surface area (Å²) < 4.78 is 0.